The molecule has 1 amide bonds. The molecule has 0 saturated heterocycles. The first-order valence-corrected chi connectivity index (χ1v) is 8.33. The van der Waals surface area contributed by atoms with Crippen molar-refractivity contribution >= 4 is 17.2 Å². The molecule has 2 heterocycles. The molecule has 0 aliphatic heterocycles. The third-order valence-corrected chi connectivity index (χ3v) is 5.19. The summed E-state index contributed by atoms with van der Waals surface area (Å²) in [7, 11) is 0. The Kier molecular flexibility index (Phi) is 3.61. The van der Waals surface area contributed by atoms with Crippen molar-refractivity contribution in [3.63, 3.8) is 0 Å². The fourth-order valence-corrected chi connectivity index (χ4v) is 3.60. The van der Waals surface area contributed by atoms with Gasteiger partial charge < -0.3 is 5.32 Å². The molecular weight excluding hydrogens is 329 g/mol. The second kappa shape index (κ2) is 5.79. The third-order valence-electron chi connectivity index (χ3n) is 4.03. The van der Waals surface area contributed by atoms with Crippen LogP contribution in [0.15, 0.2) is 30.6 Å². The Hall–Kier alpha value is -2.61. The van der Waals surface area contributed by atoms with Gasteiger partial charge in [-0.25, -0.2) is 14.4 Å². The molecule has 1 aliphatic carbocycles. The van der Waals surface area contributed by atoms with E-state index in [4.69, 9.17) is 0 Å². The van der Waals surface area contributed by atoms with Gasteiger partial charge in [0.05, 0.1) is 5.69 Å². The highest BCUT2D eigenvalue weighted by Crippen LogP contribution is 2.41. The van der Waals surface area contributed by atoms with Crippen LogP contribution in [0.1, 0.15) is 33.3 Å². The number of aromatic nitrogens is 4. The Labute approximate surface area is 141 Å². The molecular formula is C16H14FN5OS. The average molecular weight is 343 g/mol. The highest BCUT2D eigenvalue weighted by Gasteiger charge is 2.40. The van der Waals surface area contributed by atoms with Gasteiger partial charge in [-0.15, -0.1) is 11.3 Å². The van der Waals surface area contributed by atoms with E-state index in [2.05, 4.69) is 25.5 Å². The third kappa shape index (κ3) is 2.80. The van der Waals surface area contributed by atoms with Crippen molar-refractivity contribution in [3.8, 4) is 10.8 Å². The van der Waals surface area contributed by atoms with Gasteiger partial charge in [-0.1, -0.05) is 12.1 Å². The maximum absolute atomic E-state index is 13.0. The van der Waals surface area contributed by atoms with E-state index in [1.807, 2.05) is 0 Å². The summed E-state index contributed by atoms with van der Waals surface area (Å²) < 4.78 is 13.0. The number of halogens is 1. The molecule has 6 nitrogen and oxygen atoms in total. The van der Waals surface area contributed by atoms with E-state index < -0.39 is 0 Å². The highest BCUT2D eigenvalue weighted by atomic mass is 32.1. The van der Waals surface area contributed by atoms with E-state index in [9.17, 15) is 9.18 Å². The van der Waals surface area contributed by atoms with Crippen LogP contribution in [0, 0.1) is 12.7 Å². The SMILES string of the molecule is Cc1nc(-c2ncn[nH]2)sc1C(=O)N[C@H]1C[C@@H]1c1ccc(F)cc1. The first-order chi connectivity index (χ1) is 11.6. The number of rotatable bonds is 4. The Balaban J connectivity index is 1.45. The van der Waals surface area contributed by atoms with E-state index in [1.54, 1.807) is 19.1 Å². The van der Waals surface area contributed by atoms with Crippen LogP contribution < -0.4 is 5.32 Å². The molecule has 0 unspecified atom stereocenters. The normalized spacial score (nSPS) is 19.2. The average Bonchev–Trinajstić information content (AvgIpc) is 2.99. The van der Waals surface area contributed by atoms with Crippen molar-refractivity contribution in [2.24, 2.45) is 0 Å². The number of hydrogen-bond acceptors (Lipinski definition) is 5. The lowest BCUT2D eigenvalue weighted by Gasteiger charge is -2.04. The summed E-state index contributed by atoms with van der Waals surface area (Å²) in [4.78, 5) is 21.5. The maximum Gasteiger partial charge on any atom is 0.263 e. The number of hydrogen-bond donors (Lipinski definition) is 2. The zero-order valence-electron chi connectivity index (χ0n) is 12.8. The van der Waals surface area contributed by atoms with Crippen molar-refractivity contribution in [3.05, 3.63) is 52.5 Å². The second-order valence-electron chi connectivity index (χ2n) is 5.74. The number of nitrogens with zero attached hydrogens (tertiary/aromatic N) is 3. The molecule has 8 heteroatoms. The number of H-pyrrole nitrogens is 1. The maximum atomic E-state index is 13.0. The molecule has 122 valence electrons. The van der Waals surface area contributed by atoms with Gasteiger partial charge in [-0.3, -0.25) is 9.89 Å². The number of thiazole rings is 1. The molecule has 2 atom stereocenters. The summed E-state index contributed by atoms with van der Waals surface area (Å²) in [5.41, 5.74) is 1.72. The van der Waals surface area contributed by atoms with Gasteiger partial charge in [-0.2, -0.15) is 5.10 Å². The zero-order chi connectivity index (χ0) is 16.7. The van der Waals surface area contributed by atoms with Gasteiger partial charge in [0.2, 0.25) is 0 Å². The van der Waals surface area contributed by atoms with Gasteiger partial charge >= 0.3 is 0 Å². The summed E-state index contributed by atoms with van der Waals surface area (Å²) in [6, 6.07) is 6.52. The Bertz CT molecular complexity index is 875. The quantitative estimate of drug-likeness (QED) is 0.763. The summed E-state index contributed by atoms with van der Waals surface area (Å²) in [5.74, 6) is 0.417. The Morgan fingerprint density at radius 2 is 2.17 bits per heavy atom. The standard InChI is InChI=1S/C16H14FN5OS/c1-8-13(24-16(20-8)14-18-7-19-22-14)15(23)21-12-6-11(12)9-2-4-10(17)5-3-9/h2-5,7,11-12H,6H2,1H3,(H,21,23)(H,18,19,22)/t11-,12+/m1/s1. The van der Waals surface area contributed by atoms with Crippen LogP contribution in [0.3, 0.4) is 0 Å². The van der Waals surface area contributed by atoms with Crippen LogP contribution in [-0.4, -0.2) is 32.1 Å². The molecule has 0 spiro atoms. The fraction of sp³-hybridized carbons (Fsp3) is 0.250. The lowest BCUT2D eigenvalue weighted by molar-refractivity contribution is 0.0953. The topological polar surface area (TPSA) is 83.6 Å². The van der Waals surface area contributed by atoms with Gasteiger partial charge in [0, 0.05) is 12.0 Å². The molecule has 2 N–H and O–H groups in total. The predicted octanol–water partition coefficient (Wildman–Crippen LogP) is 2.66. The van der Waals surface area contributed by atoms with Crippen LogP contribution in [0.2, 0.25) is 0 Å². The minimum atomic E-state index is -0.250. The number of amides is 1. The minimum Gasteiger partial charge on any atom is -0.348 e. The zero-order valence-corrected chi connectivity index (χ0v) is 13.6. The molecule has 1 fully saturated rings. The van der Waals surface area contributed by atoms with Crippen molar-refractivity contribution in [2.75, 3.05) is 0 Å². The van der Waals surface area contributed by atoms with Gasteiger partial charge in [-0.05, 0) is 31.0 Å². The molecule has 1 aromatic carbocycles. The van der Waals surface area contributed by atoms with Crippen LogP contribution in [-0.2, 0) is 0 Å². The molecule has 2 aromatic heterocycles. The molecule has 1 aliphatic rings. The summed E-state index contributed by atoms with van der Waals surface area (Å²) in [5, 5.41) is 10.2. The largest absolute Gasteiger partial charge is 0.348 e. The number of benzene rings is 1. The Morgan fingerprint density at radius 1 is 1.38 bits per heavy atom. The summed E-state index contributed by atoms with van der Waals surface area (Å²) >= 11 is 1.29. The van der Waals surface area contributed by atoms with E-state index >= 15 is 0 Å². The van der Waals surface area contributed by atoms with Gasteiger partial charge in [0.1, 0.15) is 17.0 Å². The number of carbonyl (C=O) groups is 1. The minimum absolute atomic E-state index is 0.0817. The Morgan fingerprint density at radius 3 is 2.88 bits per heavy atom. The van der Waals surface area contributed by atoms with E-state index in [-0.39, 0.29) is 23.7 Å². The smallest absolute Gasteiger partial charge is 0.263 e. The summed E-state index contributed by atoms with van der Waals surface area (Å²) in [6.45, 7) is 1.80. The molecule has 24 heavy (non-hydrogen) atoms. The molecule has 0 radical (unpaired) electrons. The highest BCUT2D eigenvalue weighted by molar-refractivity contribution is 7.17. The number of aryl methyl sites for hydroxylation is 1. The fourth-order valence-electron chi connectivity index (χ4n) is 2.68. The van der Waals surface area contributed by atoms with Crippen LogP contribution >= 0.6 is 11.3 Å². The monoisotopic (exact) mass is 343 g/mol. The number of carbonyl (C=O) groups excluding carboxylic acids is 1. The molecule has 1 saturated carbocycles. The van der Waals surface area contributed by atoms with Crippen LogP contribution in [0.25, 0.3) is 10.8 Å². The predicted molar refractivity (Wildman–Crippen MR) is 87.2 cm³/mol. The van der Waals surface area contributed by atoms with E-state index in [0.29, 0.717) is 21.4 Å². The van der Waals surface area contributed by atoms with Crippen molar-refractivity contribution in [1.82, 2.24) is 25.5 Å². The second-order valence-corrected chi connectivity index (χ2v) is 6.74. The lowest BCUT2D eigenvalue weighted by Crippen LogP contribution is -2.26. The van der Waals surface area contributed by atoms with Gasteiger partial charge in [0.25, 0.3) is 5.91 Å². The lowest BCUT2D eigenvalue weighted by atomic mass is 10.1. The molecule has 4 rings (SSSR count). The first kappa shape index (κ1) is 14.9. The van der Waals surface area contributed by atoms with Crippen LogP contribution in [0.5, 0.6) is 0 Å². The van der Waals surface area contributed by atoms with Crippen molar-refractivity contribution < 1.29 is 9.18 Å². The van der Waals surface area contributed by atoms with Gasteiger partial charge in [0.15, 0.2) is 10.8 Å². The molecule has 3 aromatic rings. The van der Waals surface area contributed by atoms with Crippen LogP contribution in [0.4, 0.5) is 4.39 Å². The van der Waals surface area contributed by atoms with Crippen molar-refractivity contribution in [2.45, 2.75) is 25.3 Å². The number of nitrogens with one attached hydrogen (secondary N) is 2. The van der Waals surface area contributed by atoms with Crippen molar-refractivity contribution in [1.29, 1.82) is 0 Å². The molecule has 0 bridgehead atoms. The van der Waals surface area contributed by atoms with E-state index in [1.165, 1.54) is 29.8 Å². The number of aromatic amines is 1. The summed E-state index contributed by atoms with van der Waals surface area (Å²) in [6.07, 6.45) is 2.27. The van der Waals surface area contributed by atoms with E-state index in [0.717, 1.165) is 12.0 Å². The first-order valence-electron chi connectivity index (χ1n) is 7.51.